The standard InChI is InChI=1S/C21H27N3O3/c1-21(2,3)27-20(26)17-11-12-18-23-14-16(19(25)24(17)18)22-13-7-10-15-8-5-4-6-9-15/h4-6,8-9,14,17,22H,7,10-13H2,1-3H3/t17-/m0/s1. The number of benzene rings is 1. The molecule has 0 saturated carbocycles. The van der Waals surface area contributed by atoms with E-state index in [1.54, 1.807) is 6.20 Å². The van der Waals surface area contributed by atoms with Crippen LogP contribution < -0.4 is 10.9 Å². The maximum atomic E-state index is 12.9. The van der Waals surface area contributed by atoms with Gasteiger partial charge in [0.2, 0.25) is 0 Å². The summed E-state index contributed by atoms with van der Waals surface area (Å²) in [7, 11) is 0. The van der Waals surface area contributed by atoms with E-state index in [0.717, 1.165) is 12.8 Å². The number of anilines is 1. The van der Waals surface area contributed by atoms with E-state index in [4.69, 9.17) is 4.74 Å². The van der Waals surface area contributed by atoms with Crippen LogP contribution in [0.3, 0.4) is 0 Å². The van der Waals surface area contributed by atoms with Gasteiger partial charge in [-0.1, -0.05) is 30.3 Å². The van der Waals surface area contributed by atoms with E-state index in [-0.39, 0.29) is 11.5 Å². The number of carbonyl (C=O) groups is 1. The first-order valence-electron chi connectivity index (χ1n) is 9.46. The zero-order valence-corrected chi connectivity index (χ0v) is 16.2. The van der Waals surface area contributed by atoms with Gasteiger partial charge in [-0.3, -0.25) is 9.36 Å². The third-order valence-corrected chi connectivity index (χ3v) is 4.50. The van der Waals surface area contributed by atoms with Crippen molar-refractivity contribution in [2.45, 2.75) is 58.1 Å². The fourth-order valence-electron chi connectivity index (χ4n) is 3.28. The summed E-state index contributed by atoms with van der Waals surface area (Å²) in [5.41, 5.74) is 0.924. The highest BCUT2D eigenvalue weighted by atomic mass is 16.6. The van der Waals surface area contributed by atoms with Crippen LogP contribution in [0, 0.1) is 0 Å². The highest BCUT2D eigenvalue weighted by molar-refractivity contribution is 5.75. The summed E-state index contributed by atoms with van der Waals surface area (Å²) in [4.78, 5) is 29.7. The number of nitrogens with zero attached hydrogens (tertiary/aromatic N) is 2. The Bertz CT molecular complexity index is 853. The number of aromatic nitrogens is 2. The lowest BCUT2D eigenvalue weighted by molar-refractivity contribution is -0.158. The fraction of sp³-hybridized carbons (Fsp3) is 0.476. The molecular weight excluding hydrogens is 342 g/mol. The van der Waals surface area contributed by atoms with E-state index in [1.165, 1.54) is 10.1 Å². The average Bonchev–Trinajstić information content (AvgIpc) is 3.05. The number of esters is 1. The number of fused-ring (bicyclic) bond motifs is 1. The summed E-state index contributed by atoms with van der Waals surface area (Å²) < 4.78 is 6.97. The van der Waals surface area contributed by atoms with Crippen molar-refractivity contribution in [1.29, 1.82) is 0 Å². The molecule has 6 nitrogen and oxygen atoms in total. The monoisotopic (exact) mass is 369 g/mol. The lowest BCUT2D eigenvalue weighted by Gasteiger charge is -2.23. The molecule has 1 atom stereocenters. The normalized spacial score (nSPS) is 16.0. The molecule has 0 aliphatic carbocycles. The maximum Gasteiger partial charge on any atom is 0.329 e. The molecule has 1 aromatic carbocycles. The Morgan fingerprint density at radius 2 is 2.04 bits per heavy atom. The van der Waals surface area contributed by atoms with Gasteiger partial charge in [0, 0.05) is 13.0 Å². The molecule has 2 aromatic rings. The second-order valence-corrected chi connectivity index (χ2v) is 7.87. The van der Waals surface area contributed by atoms with Crippen LogP contribution in [0.5, 0.6) is 0 Å². The van der Waals surface area contributed by atoms with Gasteiger partial charge in [0.15, 0.2) is 0 Å². The molecule has 27 heavy (non-hydrogen) atoms. The molecule has 1 aromatic heterocycles. The van der Waals surface area contributed by atoms with Crippen LogP contribution >= 0.6 is 0 Å². The molecule has 6 heteroatoms. The minimum atomic E-state index is -0.592. The van der Waals surface area contributed by atoms with Crippen molar-refractivity contribution in [3.8, 4) is 0 Å². The number of hydrogen-bond donors (Lipinski definition) is 1. The number of carbonyl (C=O) groups excluding carboxylic acids is 1. The predicted molar refractivity (Wildman–Crippen MR) is 105 cm³/mol. The molecule has 0 spiro atoms. The Labute approximate surface area is 159 Å². The lowest BCUT2D eigenvalue weighted by Crippen LogP contribution is -2.34. The number of hydrogen-bond acceptors (Lipinski definition) is 5. The molecule has 0 bridgehead atoms. The highest BCUT2D eigenvalue weighted by Crippen LogP contribution is 2.26. The van der Waals surface area contributed by atoms with Crippen molar-refractivity contribution >= 4 is 11.7 Å². The van der Waals surface area contributed by atoms with Gasteiger partial charge >= 0.3 is 5.97 Å². The first-order valence-corrected chi connectivity index (χ1v) is 9.46. The van der Waals surface area contributed by atoms with E-state index in [9.17, 15) is 9.59 Å². The highest BCUT2D eigenvalue weighted by Gasteiger charge is 2.34. The summed E-state index contributed by atoms with van der Waals surface area (Å²) in [6, 6.07) is 9.65. The van der Waals surface area contributed by atoms with Crippen molar-refractivity contribution in [1.82, 2.24) is 9.55 Å². The van der Waals surface area contributed by atoms with E-state index in [0.29, 0.717) is 30.9 Å². The zero-order chi connectivity index (χ0) is 19.4. The summed E-state index contributed by atoms with van der Waals surface area (Å²) in [5, 5.41) is 3.17. The Morgan fingerprint density at radius 3 is 2.74 bits per heavy atom. The van der Waals surface area contributed by atoms with Crippen molar-refractivity contribution in [2.24, 2.45) is 0 Å². The lowest BCUT2D eigenvalue weighted by atomic mass is 10.1. The largest absolute Gasteiger partial charge is 0.458 e. The van der Waals surface area contributed by atoms with Gasteiger partial charge in [-0.05, 0) is 45.6 Å². The summed E-state index contributed by atoms with van der Waals surface area (Å²) >= 11 is 0. The van der Waals surface area contributed by atoms with E-state index >= 15 is 0 Å². The van der Waals surface area contributed by atoms with Crippen LogP contribution in [0.15, 0.2) is 41.3 Å². The minimum absolute atomic E-state index is 0.201. The van der Waals surface area contributed by atoms with Gasteiger partial charge in [0.1, 0.15) is 23.2 Å². The van der Waals surface area contributed by atoms with Gasteiger partial charge in [-0.25, -0.2) is 9.78 Å². The summed E-state index contributed by atoms with van der Waals surface area (Å²) in [5.74, 6) is 0.275. The Kier molecular flexibility index (Phi) is 5.63. The third kappa shape index (κ3) is 4.76. The topological polar surface area (TPSA) is 73.2 Å². The zero-order valence-electron chi connectivity index (χ0n) is 16.2. The van der Waals surface area contributed by atoms with Crippen LogP contribution in [0.25, 0.3) is 0 Å². The van der Waals surface area contributed by atoms with Crippen LogP contribution in [0.1, 0.15) is 51.0 Å². The number of rotatable bonds is 6. The van der Waals surface area contributed by atoms with Crippen LogP contribution in [0.2, 0.25) is 0 Å². The molecule has 2 heterocycles. The van der Waals surface area contributed by atoms with Crippen LogP contribution in [-0.4, -0.2) is 27.7 Å². The van der Waals surface area contributed by atoms with Gasteiger partial charge in [-0.2, -0.15) is 0 Å². The summed E-state index contributed by atoms with van der Waals surface area (Å²) in [6.45, 7) is 6.15. The SMILES string of the molecule is CC(C)(C)OC(=O)[C@@H]1CCc2ncc(NCCCc3ccccc3)c(=O)n21. The Morgan fingerprint density at radius 1 is 1.30 bits per heavy atom. The smallest absolute Gasteiger partial charge is 0.329 e. The maximum absolute atomic E-state index is 12.9. The van der Waals surface area contributed by atoms with Crippen LogP contribution in [-0.2, 0) is 22.4 Å². The number of ether oxygens (including phenoxy) is 1. The van der Waals surface area contributed by atoms with Gasteiger partial charge in [-0.15, -0.1) is 0 Å². The molecule has 0 radical (unpaired) electrons. The predicted octanol–water partition coefficient (Wildman–Crippen LogP) is 3.12. The molecule has 0 saturated heterocycles. The van der Waals surface area contributed by atoms with Crippen molar-refractivity contribution < 1.29 is 9.53 Å². The fourth-order valence-corrected chi connectivity index (χ4v) is 3.28. The van der Waals surface area contributed by atoms with Gasteiger partial charge in [0.25, 0.3) is 5.56 Å². The van der Waals surface area contributed by atoms with E-state index in [2.05, 4.69) is 22.4 Å². The molecule has 144 valence electrons. The van der Waals surface area contributed by atoms with E-state index < -0.39 is 11.6 Å². The third-order valence-electron chi connectivity index (χ3n) is 4.50. The van der Waals surface area contributed by atoms with Gasteiger partial charge < -0.3 is 10.1 Å². The van der Waals surface area contributed by atoms with E-state index in [1.807, 2.05) is 39.0 Å². The van der Waals surface area contributed by atoms with Crippen molar-refractivity contribution in [3.05, 3.63) is 58.3 Å². The molecule has 0 amide bonds. The first kappa shape index (κ1) is 19.1. The second-order valence-electron chi connectivity index (χ2n) is 7.87. The Hall–Kier alpha value is -2.63. The molecule has 1 aliphatic rings. The number of nitrogens with one attached hydrogen (secondary N) is 1. The summed E-state index contributed by atoms with van der Waals surface area (Å²) in [6.07, 6.45) is 4.57. The van der Waals surface area contributed by atoms with Gasteiger partial charge in [0.05, 0.1) is 6.20 Å². The average molecular weight is 369 g/mol. The molecule has 3 rings (SSSR count). The molecule has 0 unspecified atom stereocenters. The molecular formula is C21H27N3O3. The van der Waals surface area contributed by atoms with Crippen LogP contribution in [0.4, 0.5) is 5.69 Å². The minimum Gasteiger partial charge on any atom is -0.458 e. The quantitative estimate of drug-likeness (QED) is 0.626. The number of aryl methyl sites for hydroxylation is 2. The molecule has 1 aliphatic heterocycles. The first-order chi connectivity index (χ1) is 12.8. The van der Waals surface area contributed by atoms with Crippen molar-refractivity contribution in [2.75, 3.05) is 11.9 Å². The molecule has 1 N–H and O–H groups in total. The molecule has 0 fully saturated rings. The van der Waals surface area contributed by atoms with Crippen molar-refractivity contribution in [3.63, 3.8) is 0 Å². The second kappa shape index (κ2) is 7.94. The Balaban J connectivity index is 1.66.